The molecule has 0 heterocycles. The number of ether oxygens (including phenoxy) is 2. The molecule has 1 amide bonds. The van der Waals surface area contributed by atoms with Gasteiger partial charge in [0.2, 0.25) is 0 Å². The van der Waals surface area contributed by atoms with Gasteiger partial charge in [0.05, 0.1) is 5.56 Å². The van der Waals surface area contributed by atoms with Crippen molar-refractivity contribution in [3.05, 3.63) is 59.7 Å². The van der Waals surface area contributed by atoms with Gasteiger partial charge in [-0.2, -0.15) is 0 Å². The summed E-state index contributed by atoms with van der Waals surface area (Å²) in [5.74, 6) is -1.86. The zero-order chi connectivity index (χ0) is 20.0. The Morgan fingerprint density at radius 3 is 2.15 bits per heavy atom. The van der Waals surface area contributed by atoms with Crippen LogP contribution in [0.2, 0.25) is 0 Å². The predicted octanol–water partition coefficient (Wildman–Crippen LogP) is 3.58. The maximum absolute atomic E-state index is 12.1. The Morgan fingerprint density at radius 1 is 1.04 bits per heavy atom. The number of carbonyl (C=O) groups is 3. The molecule has 9 heteroatoms. The molecule has 2 aromatic carbocycles. The van der Waals surface area contributed by atoms with Crippen LogP contribution in [0.25, 0.3) is 0 Å². The summed E-state index contributed by atoms with van der Waals surface area (Å²) >= 11 is 0. The average molecular weight is 381 g/mol. The highest BCUT2D eigenvalue weighted by Gasteiger charge is 2.31. The maximum Gasteiger partial charge on any atom is 0.573 e. The van der Waals surface area contributed by atoms with Gasteiger partial charge in [0, 0.05) is 11.3 Å². The summed E-state index contributed by atoms with van der Waals surface area (Å²) in [6.45, 7) is 1.34. The molecule has 0 spiro atoms. The SMILES string of the molecule is CC(OC(=O)c1ccc(C=O)cc1)C(=O)Nc1ccc(OC(F)(F)F)cc1. The Labute approximate surface area is 151 Å². The number of rotatable bonds is 6. The monoisotopic (exact) mass is 381 g/mol. The lowest BCUT2D eigenvalue weighted by molar-refractivity contribution is -0.274. The van der Waals surface area contributed by atoms with Crippen molar-refractivity contribution in [3.63, 3.8) is 0 Å². The fourth-order valence-corrected chi connectivity index (χ4v) is 1.96. The first kappa shape index (κ1) is 20.0. The number of esters is 1. The second-order valence-corrected chi connectivity index (χ2v) is 5.35. The van der Waals surface area contributed by atoms with Crippen molar-refractivity contribution >= 4 is 23.9 Å². The van der Waals surface area contributed by atoms with Gasteiger partial charge in [0.1, 0.15) is 12.0 Å². The summed E-state index contributed by atoms with van der Waals surface area (Å²) in [5.41, 5.74) is 0.747. The summed E-state index contributed by atoms with van der Waals surface area (Å²) in [7, 11) is 0. The van der Waals surface area contributed by atoms with Crippen molar-refractivity contribution in [1.29, 1.82) is 0 Å². The Hall–Kier alpha value is -3.36. The fraction of sp³-hybridized carbons (Fsp3) is 0.167. The molecule has 0 radical (unpaired) electrons. The number of alkyl halides is 3. The van der Waals surface area contributed by atoms with Gasteiger partial charge in [-0.3, -0.25) is 9.59 Å². The van der Waals surface area contributed by atoms with Crippen molar-refractivity contribution in [2.24, 2.45) is 0 Å². The van der Waals surface area contributed by atoms with E-state index in [9.17, 15) is 27.6 Å². The normalized spacial score (nSPS) is 12.0. The van der Waals surface area contributed by atoms with Gasteiger partial charge in [-0.25, -0.2) is 4.79 Å². The molecule has 0 aliphatic carbocycles. The van der Waals surface area contributed by atoms with Crippen molar-refractivity contribution in [1.82, 2.24) is 0 Å². The van der Waals surface area contributed by atoms with Crippen LogP contribution in [0.4, 0.5) is 18.9 Å². The Kier molecular flexibility index (Phi) is 6.17. The lowest BCUT2D eigenvalue weighted by Gasteiger charge is -2.14. The van der Waals surface area contributed by atoms with E-state index in [0.717, 1.165) is 12.1 Å². The first-order chi connectivity index (χ1) is 12.7. The maximum atomic E-state index is 12.1. The smallest absolute Gasteiger partial charge is 0.449 e. The van der Waals surface area contributed by atoms with E-state index in [1.807, 2.05) is 0 Å². The lowest BCUT2D eigenvalue weighted by Crippen LogP contribution is -2.30. The average Bonchev–Trinajstić information content (AvgIpc) is 2.62. The summed E-state index contributed by atoms with van der Waals surface area (Å²) < 4.78 is 45.1. The number of hydrogen-bond acceptors (Lipinski definition) is 5. The van der Waals surface area contributed by atoms with Gasteiger partial charge in [-0.15, -0.1) is 13.2 Å². The van der Waals surface area contributed by atoms with Crippen molar-refractivity contribution in [3.8, 4) is 5.75 Å². The van der Waals surface area contributed by atoms with Crippen LogP contribution in [0, 0.1) is 0 Å². The number of anilines is 1. The number of hydrogen-bond donors (Lipinski definition) is 1. The number of nitrogens with one attached hydrogen (secondary N) is 1. The molecule has 1 unspecified atom stereocenters. The van der Waals surface area contributed by atoms with Crippen LogP contribution < -0.4 is 10.1 Å². The van der Waals surface area contributed by atoms with Crippen LogP contribution in [-0.4, -0.2) is 30.6 Å². The minimum Gasteiger partial charge on any atom is -0.449 e. The number of halogens is 3. The predicted molar refractivity (Wildman–Crippen MR) is 88.5 cm³/mol. The van der Waals surface area contributed by atoms with Crippen LogP contribution in [0.3, 0.4) is 0 Å². The van der Waals surface area contributed by atoms with Gasteiger partial charge in [0.25, 0.3) is 5.91 Å². The molecule has 0 aliphatic heterocycles. The minimum atomic E-state index is -4.81. The standard InChI is InChI=1S/C18H14F3NO5/c1-11(26-17(25)13-4-2-12(10-23)3-5-13)16(24)22-14-6-8-15(9-7-14)27-18(19,20)21/h2-11H,1H3,(H,22,24). The van der Waals surface area contributed by atoms with Gasteiger partial charge in [0.15, 0.2) is 6.10 Å². The van der Waals surface area contributed by atoms with E-state index in [-0.39, 0.29) is 11.3 Å². The highest BCUT2D eigenvalue weighted by molar-refractivity contribution is 5.97. The lowest BCUT2D eigenvalue weighted by atomic mass is 10.1. The summed E-state index contributed by atoms with van der Waals surface area (Å²) in [6.07, 6.45) is -5.34. The number of carbonyl (C=O) groups excluding carboxylic acids is 3. The highest BCUT2D eigenvalue weighted by Crippen LogP contribution is 2.24. The van der Waals surface area contributed by atoms with Gasteiger partial charge in [-0.05, 0) is 43.3 Å². The Balaban J connectivity index is 1.92. The molecule has 0 saturated heterocycles. The third-order valence-electron chi connectivity index (χ3n) is 3.29. The first-order valence-corrected chi connectivity index (χ1v) is 7.61. The summed E-state index contributed by atoms with van der Waals surface area (Å²) in [4.78, 5) is 34.6. The van der Waals surface area contributed by atoms with E-state index >= 15 is 0 Å². The topological polar surface area (TPSA) is 81.7 Å². The largest absolute Gasteiger partial charge is 0.573 e. The Morgan fingerprint density at radius 2 is 1.63 bits per heavy atom. The molecule has 1 atom stereocenters. The summed E-state index contributed by atoms with van der Waals surface area (Å²) in [6, 6.07) is 10.1. The second-order valence-electron chi connectivity index (χ2n) is 5.35. The number of amides is 1. The third-order valence-corrected chi connectivity index (χ3v) is 3.29. The minimum absolute atomic E-state index is 0.161. The van der Waals surface area contributed by atoms with Gasteiger partial charge in [-0.1, -0.05) is 12.1 Å². The fourth-order valence-electron chi connectivity index (χ4n) is 1.96. The van der Waals surface area contributed by atoms with Gasteiger partial charge < -0.3 is 14.8 Å². The van der Waals surface area contributed by atoms with Crippen LogP contribution in [0.5, 0.6) is 5.75 Å². The zero-order valence-electron chi connectivity index (χ0n) is 13.9. The molecule has 6 nitrogen and oxygen atoms in total. The van der Waals surface area contributed by atoms with E-state index in [4.69, 9.17) is 4.74 Å². The van der Waals surface area contributed by atoms with E-state index in [1.165, 1.54) is 43.3 Å². The molecular weight excluding hydrogens is 367 g/mol. The van der Waals surface area contributed by atoms with Crippen LogP contribution in [0.1, 0.15) is 27.6 Å². The molecule has 142 valence electrons. The molecule has 2 rings (SSSR count). The molecule has 0 aromatic heterocycles. The van der Waals surface area contributed by atoms with E-state index in [0.29, 0.717) is 11.8 Å². The quantitative estimate of drug-likeness (QED) is 0.611. The molecule has 0 saturated carbocycles. The van der Waals surface area contributed by atoms with Crippen molar-refractivity contribution < 1.29 is 37.0 Å². The number of aldehydes is 1. The Bertz CT molecular complexity index is 816. The second kappa shape index (κ2) is 8.35. The zero-order valence-corrected chi connectivity index (χ0v) is 13.9. The molecule has 27 heavy (non-hydrogen) atoms. The van der Waals surface area contributed by atoms with Gasteiger partial charge >= 0.3 is 12.3 Å². The number of benzene rings is 2. The molecular formula is C18H14F3NO5. The molecule has 0 aliphatic rings. The van der Waals surface area contributed by atoms with E-state index in [2.05, 4.69) is 10.1 Å². The van der Waals surface area contributed by atoms with E-state index < -0.39 is 30.1 Å². The molecule has 1 N–H and O–H groups in total. The molecule has 0 bridgehead atoms. The molecule has 0 fully saturated rings. The summed E-state index contributed by atoms with van der Waals surface area (Å²) in [5, 5.41) is 2.41. The van der Waals surface area contributed by atoms with E-state index in [1.54, 1.807) is 0 Å². The van der Waals surface area contributed by atoms with Crippen LogP contribution in [-0.2, 0) is 9.53 Å². The van der Waals surface area contributed by atoms with Crippen molar-refractivity contribution in [2.75, 3.05) is 5.32 Å². The first-order valence-electron chi connectivity index (χ1n) is 7.61. The van der Waals surface area contributed by atoms with Crippen LogP contribution >= 0.6 is 0 Å². The highest BCUT2D eigenvalue weighted by atomic mass is 19.4. The molecule has 2 aromatic rings. The van der Waals surface area contributed by atoms with Crippen LogP contribution in [0.15, 0.2) is 48.5 Å². The third kappa shape index (κ3) is 6.14. The van der Waals surface area contributed by atoms with Crippen molar-refractivity contribution in [2.45, 2.75) is 19.4 Å².